The van der Waals surface area contributed by atoms with Crippen LogP contribution in [0.4, 0.5) is 0 Å². The van der Waals surface area contributed by atoms with E-state index in [1.165, 1.54) is 0 Å². The van der Waals surface area contributed by atoms with Crippen LogP contribution >= 0.6 is 0 Å². The predicted molar refractivity (Wildman–Crippen MR) is 51.1 cm³/mol. The number of guanidine groups is 1. The second-order valence-electron chi connectivity index (χ2n) is 2.52. The summed E-state index contributed by atoms with van der Waals surface area (Å²) in [5.41, 5.74) is 7.92. The van der Waals surface area contributed by atoms with Crippen LogP contribution in [0, 0.1) is 5.41 Å². The highest BCUT2D eigenvalue weighted by atomic mass is 15.4. The number of nitrogens with zero attached hydrogens (tertiary/aromatic N) is 2. The summed E-state index contributed by atoms with van der Waals surface area (Å²) in [7, 11) is 1.88. The zero-order chi connectivity index (χ0) is 9.40. The van der Waals surface area contributed by atoms with Crippen LogP contribution in [0.5, 0.6) is 0 Å². The van der Waals surface area contributed by atoms with Crippen LogP contribution in [0.15, 0.2) is 5.10 Å². The largest absolute Gasteiger partial charge is 0.368 e. The Hall–Kier alpha value is -1.26. The van der Waals surface area contributed by atoms with Gasteiger partial charge in [0, 0.05) is 13.6 Å². The van der Waals surface area contributed by atoms with E-state index >= 15 is 0 Å². The summed E-state index contributed by atoms with van der Waals surface area (Å²) < 4.78 is 0. The molecule has 0 radical (unpaired) electrons. The first-order valence-electron chi connectivity index (χ1n) is 4.01. The van der Waals surface area contributed by atoms with Gasteiger partial charge in [-0.1, -0.05) is 13.3 Å². The van der Waals surface area contributed by atoms with Gasteiger partial charge in [0.1, 0.15) is 0 Å². The minimum atomic E-state index is 0.409. The van der Waals surface area contributed by atoms with Crippen molar-refractivity contribution >= 4 is 12.3 Å². The fraction of sp³-hybridized carbons (Fsp3) is 0.714. The van der Waals surface area contributed by atoms with Gasteiger partial charge in [-0.25, -0.2) is 0 Å². The molecule has 0 aliphatic carbocycles. The van der Waals surface area contributed by atoms with E-state index in [4.69, 9.17) is 11.1 Å². The van der Waals surface area contributed by atoms with E-state index in [2.05, 4.69) is 17.5 Å². The van der Waals surface area contributed by atoms with Crippen LogP contribution in [0.2, 0.25) is 0 Å². The van der Waals surface area contributed by atoms with Gasteiger partial charge in [0.25, 0.3) is 0 Å². The summed E-state index contributed by atoms with van der Waals surface area (Å²) in [5.74, 6) is 0.409. The zero-order valence-electron chi connectivity index (χ0n) is 7.67. The van der Waals surface area contributed by atoms with Crippen molar-refractivity contribution in [1.29, 1.82) is 5.41 Å². The average molecular weight is 171 g/mol. The first-order valence-corrected chi connectivity index (χ1v) is 4.01. The van der Waals surface area contributed by atoms with E-state index in [1.54, 1.807) is 0 Å². The van der Waals surface area contributed by atoms with Crippen molar-refractivity contribution in [3.63, 3.8) is 0 Å². The maximum Gasteiger partial charge on any atom is 0.213 e. The van der Waals surface area contributed by atoms with Gasteiger partial charge in [-0.3, -0.25) is 10.8 Å². The van der Waals surface area contributed by atoms with Gasteiger partial charge in [-0.05, 0) is 6.42 Å². The Morgan fingerprint density at radius 3 is 2.92 bits per heavy atom. The lowest BCUT2D eigenvalue weighted by atomic mass is 10.3. The van der Waals surface area contributed by atoms with E-state index in [1.807, 2.05) is 11.9 Å². The molecule has 0 fully saturated rings. The molecule has 0 rings (SSSR count). The number of hydrogen-bond donors (Lipinski definition) is 3. The summed E-state index contributed by atoms with van der Waals surface area (Å²) in [6.45, 7) is 3.02. The summed E-state index contributed by atoms with van der Waals surface area (Å²) >= 11 is 0. The van der Waals surface area contributed by atoms with Crippen LogP contribution in [-0.2, 0) is 0 Å². The molecule has 4 N–H and O–H groups in total. The third-order valence-electron chi connectivity index (χ3n) is 1.48. The van der Waals surface area contributed by atoms with Crippen LogP contribution in [0.1, 0.15) is 19.8 Å². The van der Waals surface area contributed by atoms with Crippen molar-refractivity contribution in [1.82, 2.24) is 10.3 Å². The molecular formula is C7H17N5. The van der Waals surface area contributed by atoms with Gasteiger partial charge in [-0.15, -0.1) is 5.10 Å². The summed E-state index contributed by atoms with van der Waals surface area (Å²) in [6.07, 6.45) is 3.22. The zero-order valence-corrected chi connectivity index (χ0v) is 7.67. The van der Waals surface area contributed by atoms with Crippen LogP contribution in [0.3, 0.4) is 0 Å². The molecule has 5 heteroatoms. The molecular weight excluding hydrogens is 154 g/mol. The number of unbranched alkanes of at least 4 members (excludes halogenated alkanes) is 1. The quantitative estimate of drug-likeness (QED) is 0.313. The number of rotatable bonds is 5. The summed E-state index contributed by atoms with van der Waals surface area (Å²) in [6, 6.07) is 0. The average Bonchev–Trinajstić information content (AvgIpc) is 2.10. The van der Waals surface area contributed by atoms with E-state index in [0.717, 1.165) is 25.7 Å². The monoisotopic (exact) mass is 171 g/mol. The van der Waals surface area contributed by atoms with Gasteiger partial charge in [0.15, 0.2) is 0 Å². The number of hydrazone groups is 1. The summed E-state index contributed by atoms with van der Waals surface area (Å²) in [5, 5.41) is 10.4. The predicted octanol–water partition coefficient (Wildman–Crippen LogP) is 0.145. The lowest BCUT2D eigenvalue weighted by molar-refractivity contribution is 0.476. The van der Waals surface area contributed by atoms with Crippen LogP contribution in [0.25, 0.3) is 0 Å². The smallest absolute Gasteiger partial charge is 0.213 e. The van der Waals surface area contributed by atoms with Gasteiger partial charge in [-0.2, -0.15) is 0 Å². The standard InChI is InChI=1S/C7H17N5/c1-3-4-5-12(2)7(9)11-10-6-8/h6H,3-5H2,1-2H3,(H2,8,10)(H2,9,11). The summed E-state index contributed by atoms with van der Waals surface area (Å²) in [4.78, 5) is 1.85. The van der Waals surface area contributed by atoms with Gasteiger partial charge >= 0.3 is 0 Å². The number of nitrogens with one attached hydrogen (secondary N) is 2. The number of nitrogens with two attached hydrogens (primary N) is 1. The molecule has 0 aromatic rings. The molecule has 0 saturated heterocycles. The molecule has 70 valence electrons. The van der Waals surface area contributed by atoms with Crippen LogP contribution < -0.4 is 11.2 Å². The molecule has 0 aliphatic heterocycles. The topological polar surface area (TPSA) is 77.5 Å². The molecule has 0 bridgehead atoms. The van der Waals surface area contributed by atoms with E-state index in [-0.39, 0.29) is 0 Å². The van der Waals surface area contributed by atoms with E-state index in [9.17, 15) is 0 Å². The Morgan fingerprint density at radius 2 is 2.42 bits per heavy atom. The van der Waals surface area contributed by atoms with Crippen molar-refractivity contribution < 1.29 is 0 Å². The second-order valence-corrected chi connectivity index (χ2v) is 2.52. The van der Waals surface area contributed by atoms with Gasteiger partial charge < -0.3 is 10.6 Å². The molecule has 0 aliphatic rings. The van der Waals surface area contributed by atoms with Crippen LogP contribution in [-0.4, -0.2) is 30.8 Å². The van der Waals surface area contributed by atoms with Crippen molar-refractivity contribution in [3.05, 3.63) is 0 Å². The Bertz CT molecular complexity index is 154. The second kappa shape index (κ2) is 6.45. The van der Waals surface area contributed by atoms with E-state index < -0.39 is 0 Å². The Kier molecular flexibility index (Phi) is 5.77. The molecule has 12 heavy (non-hydrogen) atoms. The van der Waals surface area contributed by atoms with Gasteiger partial charge in [0.2, 0.25) is 5.96 Å². The normalized spacial score (nSPS) is 11.0. The van der Waals surface area contributed by atoms with E-state index in [0.29, 0.717) is 5.96 Å². The Morgan fingerprint density at radius 1 is 1.75 bits per heavy atom. The van der Waals surface area contributed by atoms with Crippen molar-refractivity contribution in [2.24, 2.45) is 10.8 Å². The fourth-order valence-electron chi connectivity index (χ4n) is 0.694. The molecule has 0 atom stereocenters. The molecule has 0 heterocycles. The molecule has 0 unspecified atom stereocenters. The fourth-order valence-corrected chi connectivity index (χ4v) is 0.694. The van der Waals surface area contributed by atoms with Gasteiger partial charge in [0.05, 0.1) is 6.34 Å². The molecule has 0 spiro atoms. The highest BCUT2D eigenvalue weighted by Crippen LogP contribution is 1.90. The minimum Gasteiger partial charge on any atom is -0.368 e. The SMILES string of the molecule is CCCCN(C)C(N)=NNC=N. The first kappa shape index (κ1) is 10.7. The van der Waals surface area contributed by atoms with Crippen molar-refractivity contribution in [2.75, 3.05) is 13.6 Å². The Balaban J connectivity index is 3.73. The molecule has 0 aromatic heterocycles. The molecule has 5 nitrogen and oxygen atoms in total. The molecule has 0 amide bonds. The maximum absolute atomic E-state index is 6.66. The third-order valence-corrected chi connectivity index (χ3v) is 1.48. The highest BCUT2D eigenvalue weighted by Gasteiger charge is 1.98. The third kappa shape index (κ3) is 4.54. The lowest BCUT2D eigenvalue weighted by Gasteiger charge is -2.16. The van der Waals surface area contributed by atoms with Crippen molar-refractivity contribution in [3.8, 4) is 0 Å². The number of hydrogen-bond acceptors (Lipinski definition) is 2. The highest BCUT2D eigenvalue weighted by molar-refractivity contribution is 5.78. The first-order chi connectivity index (χ1) is 5.72. The maximum atomic E-state index is 6.66. The van der Waals surface area contributed by atoms with Crippen molar-refractivity contribution in [2.45, 2.75) is 19.8 Å². The minimum absolute atomic E-state index is 0.409. The molecule has 0 saturated carbocycles. The lowest BCUT2D eigenvalue weighted by Crippen LogP contribution is -2.36. The molecule has 0 aromatic carbocycles. The Labute approximate surface area is 73.1 Å².